The highest BCUT2D eigenvalue weighted by Gasteiger charge is 2.31. The number of rotatable bonds is 3. The van der Waals surface area contributed by atoms with Gasteiger partial charge in [0, 0.05) is 11.3 Å². The van der Waals surface area contributed by atoms with Crippen molar-refractivity contribution in [1.29, 1.82) is 0 Å². The highest BCUT2D eigenvalue weighted by atomic mass is 32.2. The van der Waals surface area contributed by atoms with Crippen LogP contribution >= 0.6 is 23.1 Å². The normalized spacial score (nSPS) is 21.5. The number of hydrogen-bond acceptors (Lipinski definition) is 6. The minimum Gasteiger partial charge on any atom is -0.295 e. The van der Waals surface area contributed by atoms with Crippen molar-refractivity contribution in [1.82, 2.24) is 14.9 Å². The van der Waals surface area contributed by atoms with Gasteiger partial charge in [-0.2, -0.15) is 0 Å². The molecule has 0 unspecified atom stereocenters. The van der Waals surface area contributed by atoms with Crippen molar-refractivity contribution in [2.45, 2.75) is 49.4 Å². The van der Waals surface area contributed by atoms with Gasteiger partial charge in [0.1, 0.15) is 4.83 Å². The second kappa shape index (κ2) is 7.67. The van der Waals surface area contributed by atoms with Gasteiger partial charge in [0.15, 0.2) is 5.16 Å². The van der Waals surface area contributed by atoms with E-state index >= 15 is 0 Å². The van der Waals surface area contributed by atoms with E-state index in [1.807, 2.05) is 30.3 Å². The average molecular weight is 440 g/mol. The van der Waals surface area contributed by atoms with Gasteiger partial charge in [-0.25, -0.2) is 4.98 Å². The van der Waals surface area contributed by atoms with Gasteiger partial charge in [0.25, 0.3) is 5.56 Å². The quantitative estimate of drug-likeness (QED) is 0.499. The van der Waals surface area contributed by atoms with E-state index in [1.165, 1.54) is 16.6 Å². The highest BCUT2D eigenvalue weighted by Crippen LogP contribution is 2.37. The van der Waals surface area contributed by atoms with Gasteiger partial charge < -0.3 is 0 Å². The van der Waals surface area contributed by atoms with Crippen LogP contribution in [0.15, 0.2) is 40.3 Å². The SMILES string of the molecule is C[C@H]1CCc2c(sc3nc(S[C@H]4CCC(=O)NC4=O)n(-c4ccccc4)c(=O)c23)C1. The maximum absolute atomic E-state index is 13.7. The molecule has 5 rings (SSSR count). The third-order valence-corrected chi connectivity index (χ3v) is 8.12. The van der Waals surface area contributed by atoms with E-state index in [9.17, 15) is 14.4 Å². The van der Waals surface area contributed by atoms with Crippen molar-refractivity contribution in [2.24, 2.45) is 5.92 Å². The minimum absolute atomic E-state index is 0.0759. The molecule has 0 radical (unpaired) electrons. The van der Waals surface area contributed by atoms with Gasteiger partial charge in [0.05, 0.1) is 16.3 Å². The van der Waals surface area contributed by atoms with Crippen LogP contribution in [0.5, 0.6) is 0 Å². The molecule has 3 aromatic rings. The molecule has 1 fully saturated rings. The fourth-order valence-electron chi connectivity index (χ4n) is 4.17. The molecule has 6 nitrogen and oxygen atoms in total. The lowest BCUT2D eigenvalue weighted by Crippen LogP contribution is -2.42. The molecule has 1 aliphatic heterocycles. The first-order valence-corrected chi connectivity index (χ1v) is 11.8. The number of para-hydroxylation sites is 1. The Balaban J connectivity index is 1.68. The fraction of sp³-hybridized carbons (Fsp3) is 0.364. The number of nitrogens with zero attached hydrogens (tertiary/aromatic N) is 2. The standard InChI is InChI=1S/C22H21N3O3S2/c1-12-7-8-14-16(11-12)29-20-18(14)21(28)25(13-5-3-2-4-6-13)22(24-20)30-15-9-10-17(26)23-19(15)27/h2-6,12,15H,7-11H2,1H3,(H,23,26,27)/t12-,15-/m0/s1. The van der Waals surface area contributed by atoms with E-state index in [-0.39, 0.29) is 17.4 Å². The summed E-state index contributed by atoms with van der Waals surface area (Å²) in [5.41, 5.74) is 1.80. The van der Waals surface area contributed by atoms with Crippen molar-refractivity contribution in [3.8, 4) is 5.69 Å². The fourth-order valence-corrected chi connectivity index (χ4v) is 6.69. The maximum Gasteiger partial charge on any atom is 0.267 e. The number of nitrogens with one attached hydrogen (secondary N) is 1. The average Bonchev–Trinajstić information content (AvgIpc) is 3.08. The molecule has 154 valence electrons. The summed E-state index contributed by atoms with van der Waals surface area (Å²) < 4.78 is 1.63. The smallest absolute Gasteiger partial charge is 0.267 e. The lowest BCUT2D eigenvalue weighted by atomic mass is 9.89. The molecule has 2 amide bonds. The van der Waals surface area contributed by atoms with E-state index in [0.29, 0.717) is 23.9 Å². The summed E-state index contributed by atoms with van der Waals surface area (Å²) in [6, 6.07) is 9.43. The number of aromatic nitrogens is 2. The summed E-state index contributed by atoms with van der Waals surface area (Å²) in [5.74, 6) is 0.0458. The lowest BCUT2D eigenvalue weighted by molar-refractivity contribution is -0.132. The van der Waals surface area contributed by atoms with E-state index in [4.69, 9.17) is 4.98 Å². The van der Waals surface area contributed by atoms with E-state index in [0.717, 1.165) is 40.7 Å². The predicted octanol–water partition coefficient (Wildman–Crippen LogP) is 3.47. The molecule has 2 aliphatic rings. The number of thiophene rings is 1. The summed E-state index contributed by atoms with van der Waals surface area (Å²) in [6.45, 7) is 2.24. The van der Waals surface area contributed by atoms with E-state index in [1.54, 1.807) is 15.9 Å². The summed E-state index contributed by atoms with van der Waals surface area (Å²) in [5, 5.41) is 3.17. The molecule has 0 bridgehead atoms. The molecular formula is C22H21N3O3S2. The molecular weight excluding hydrogens is 418 g/mol. The van der Waals surface area contributed by atoms with Crippen LogP contribution in [-0.2, 0) is 22.4 Å². The Morgan fingerprint density at radius 3 is 2.70 bits per heavy atom. The molecule has 30 heavy (non-hydrogen) atoms. The van der Waals surface area contributed by atoms with Gasteiger partial charge in [0.2, 0.25) is 11.8 Å². The van der Waals surface area contributed by atoms with Crippen LogP contribution in [0, 0.1) is 5.92 Å². The number of aryl methyl sites for hydroxylation is 1. The highest BCUT2D eigenvalue weighted by molar-refractivity contribution is 8.00. The molecule has 2 aromatic heterocycles. The first-order chi connectivity index (χ1) is 14.5. The zero-order chi connectivity index (χ0) is 20.8. The number of hydrogen-bond donors (Lipinski definition) is 1. The first-order valence-electron chi connectivity index (χ1n) is 10.1. The van der Waals surface area contributed by atoms with Crippen LogP contribution in [0.25, 0.3) is 15.9 Å². The number of piperidine rings is 1. The molecule has 1 aliphatic carbocycles. The molecule has 1 saturated heterocycles. The van der Waals surface area contributed by atoms with Crippen LogP contribution in [-0.4, -0.2) is 26.6 Å². The number of imide groups is 1. The molecule has 0 saturated carbocycles. The number of carbonyl (C=O) groups excluding carboxylic acids is 2. The minimum atomic E-state index is -0.448. The summed E-state index contributed by atoms with van der Waals surface area (Å²) >= 11 is 2.87. The molecule has 0 spiro atoms. The summed E-state index contributed by atoms with van der Waals surface area (Å²) in [7, 11) is 0. The second-order valence-electron chi connectivity index (χ2n) is 7.96. The van der Waals surface area contributed by atoms with Crippen LogP contribution in [0.3, 0.4) is 0 Å². The van der Waals surface area contributed by atoms with Crippen molar-refractivity contribution < 1.29 is 9.59 Å². The van der Waals surface area contributed by atoms with Gasteiger partial charge in [-0.05, 0) is 49.3 Å². The Labute approximate surface area is 181 Å². The molecule has 1 N–H and O–H groups in total. The number of benzene rings is 1. The van der Waals surface area contributed by atoms with Crippen molar-refractivity contribution in [2.75, 3.05) is 0 Å². The molecule has 3 heterocycles. The van der Waals surface area contributed by atoms with Crippen LogP contribution < -0.4 is 10.9 Å². The Kier molecular flexibility index (Phi) is 4.99. The maximum atomic E-state index is 13.7. The van der Waals surface area contributed by atoms with Crippen molar-refractivity contribution in [3.63, 3.8) is 0 Å². The Bertz CT molecular complexity index is 1220. The predicted molar refractivity (Wildman–Crippen MR) is 118 cm³/mol. The van der Waals surface area contributed by atoms with Crippen molar-refractivity contribution in [3.05, 3.63) is 51.1 Å². The second-order valence-corrected chi connectivity index (χ2v) is 10.2. The number of thioether (sulfide) groups is 1. The topological polar surface area (TPSA) is 81.1 Å². The zero-order valence-corrected chi connectivity index (χ0v) is 18.1. The van der Waals surface area contributed by atoms with Crippen molar-refractivity contribution >= 4 is 45.1 Å². The summed E-state index contributed by atoms with van der Waals surface area (Å²) in [6.07, 6.45) is 3.71. The summed E-state index contributed by atoms with van der Waals surface area (Å²) in [4.78, 5) is 44.4. The third kappa shape index (κ3) is 3.37. The number of amides is 2. The Morgan fingerprint density at radius 1 is 1.13 bits per heavy atom. The largest absolute Gasteiger partial charge is 0.295 e. The van der Waals surface area contributed by atoms with Gasteiger partial charge in [-0.1, -0.05) is 36.9 Å². The Hall–Kier alpha value is -2.45. The number of fused-ring (bicyclic) bond motifs is 3. The molecule has 2 atom stereocenters. The van der Waals surface area contributed by atoms with Crippen LogP contribution in [0.4, 0.5) is 0 Å². The number of carbonyl (C=O) groups is 2. The van der Waals surface area contributed by atoms with Gasteiger partial charge in [-0.3, -0.25) is 24.3 Å². The lowest BCUT2D eigenvalue weighted by Gasteiger charge is -2.21. The van der Waals surface area contributed by atoms with Crippen LogP contribution in [0.1, 0.15) is 36.6 Å². The van der Waals surface area contributed by atoms with E-state index < -0.39 is 5.25 Å². The van der Waals surface area contributed by atoms with Gasteiger partial charge >= 0.3 is 0 Å². The van der Waals surface area contributed by atoms with E-state index in [2.05, 4.69) is 12.2 Å². The zero-order valence-electron chi connectivity index (χ0n) is 16.5. The molecule has 8 heteroatoms. The van der Waals surface area contributed by atoms with Gasteiger partial charge in [-0.15, -0.1) is 11.3 Å². The Morgan fingerprint density at radius 2 is 1.93 bits per heavy atom. The van der Waals surface area contributed by atoms with Crippen LogP contribution in [0.2, 0.25) is 0 Å². The third-order valence-electron chi connectivity index (χ3n) is 5.75. The molecule has 1 aromatic carbocycles. The first kappa shape index (κ1) is 19.5. The monoisotopic (exact) mass is 439 g/mol.